The molecule has 0 aromatic carbocycles. The number of aliphatic carboxylic acids is 1. The molecule has 0 aliphatic rings. The summed E-state index contributed by atoms with van der Waals surface area (Å²) in [7, 11) is 0. The molecule has 0 radical (unpaired) electrons. The van der Waals surface area contributed by atoms with Crippen LogP contribution in [0.5, 0.6) is 0 Å². The minimum atomic E-state index is -1.39. The second kappa shape index (κ2) is 27.5. The average molecular weight is 581 g/mol. The molecule has 41 heavy (non-hydrogen) atoms. The number of nitrogens with one attached hydrogen (secondary N) is 2. The Bertz CT molecular complexity index is 767. The summed E-state index contributed by atoms with van der Waals surface area (Å²) >= 11 is 0. The van der Waals surface area contributed by atoms with Gasteiger partial charge in [0.25, 0.3) is 0 Å². The highest BCUT2D eigenvalue weighted by molar-refractivity contribution is 5.87. The zero-order chi connectivity index (χ0) is 30.6. The first-order chi connectivity index (χ1) is 19.8. The second-order valence-corrected chi connectivity index (χ2v) is 10.5. The van der Waals surface area contributed by atoms with Crippen LogP contribution in [0.15, 0.2) is 24.3 Å². The van der Waals surface area contributed by atoms with Crippen molar-refractivity contribution in [2.75, 3.05) is 13.2 Å². The van der Waals surface area contributed by atoms with Gasteiger partial charge in [0.15, 0.2) is 0 Å². The maximum Gasteiger partial charge on any atom is 0.328 e. The fourth-order valence-electron chi connectivity index (χ4n) is 4.14. The molecule has 0 saturated carbocycles. The van der Waals surface area contributed by atoms with Crippen LogP contribution in [0.25, 0.3) is 0 Å². The van der Waals surface area contributed by atoms with Crippen molar-refractivity contribution in [2.24, 2.45) is 0 Å². The number of carboxylic acids is 1. The summed E-state index contributed by atoms with van der Waals surface area (Å²) in [4.78, 5) is 46.9. The number of hydrogen-bond donors (Lipinski definition) is 4. The monoisotopic (exact) mass is 580 g/mol. The predicted octanol–water partition coefficient (Wildman–Crippen LogP) is 5.75. The number of carbonyl (C=O) groups excluding carboxylic acids is 3. The number of allylic oxidation sites excluding steroid dienone is 3. The Morgan fingerprint density at radius 2 is 1.37 bits per heavy atom. The topological polar surface area (TPSA) is 142 Å². The van der Waals surface area contributed by atoms with Crippen LogP contribution < -0.4 is 10.6 Å². The van der Waals surface area contributed by atoms with Crippen LogP contribution in [0.3, 0.4) is 0 Å². The van der Waals surface area contributed by atoms with Gasteiger partial charge in [0.2, 0.25) is 11.8 Å². The molecule has 0 aromatic rings. The van der Waals surface area contributed by atoms with E-state index in [4.69, 9.17) is 14.9 Å². The second-order valence-electron chi connectivity index (χ2n) is 10.5. The maximum atomic E-state index is 12.4. The SMILES string of the molecule is CCC/C=C\CCCCCCCC(=O)OC(/C=C\CCCC)CCCCCCC(=O)NCC(=O)NC(CO)C(=O)O. The molecule has 0 saturated heterocycles. The van der Waals surface area contributed by atoms with Crippen molar-refractivity contribution in [1.82, 2.24) is 10.6 Å². The van der Waals surface area contributed by atoms with Crippen LogP contribution in [0, 0.1) is 0 Å². The third-order valence-corrected chi connectivity index (χ3v) is 6.64. The Morgan fingerprint density at radius 1 is 0.732 bits per heavy atom. The van der Waals surface area contributed by atoms with E-state index in [2.05, 4.69) is 42.7 Å². The van der Waals surface area contributed by atoms with Gasteiger partial charge in [-0.3, -0.25) is 14.4 Å². The maximum absolute atomic E-state index is 12.4. The van der Waals surface area contributed by atoms with Crippen LogP contribution in [0.2, 0.25) is 0 Å². The lowest BCUT2D eigenvalue weighted by molar-refractivity contribution is -0.147. The Kier molecular flexibility index (Phi) is 25.7. The normalized spacial score (nSPS) is 12.9. The average Bonchev–Trinajstić information content (AvgIpc) is 2.95. The number of rotatable bonds is 27. The molecule has 0 fully saturated rings. The molecule has 0 aromatic heterocycles. The van der Waals surface area contributed by atoms with E-state index in [9.17, 15) is 19.2 Å². The molecule has 236 valence electrons. The summed E-state index contributed by atoms with van der Waals surface area (Å²) in [6.45, 7) is 3.28. The molecule has 4 N–H and O–H groups in total. The van der Waals surface area contributed by atoms with Gasteiger partial charge >= 0.3 is 11.9 Å². The van der Waals surface area contributed by atoms with Gasteiger partial charge in [0.1, 0.15) is 12.1 Å². The van der Waals surface area contributed by atoms with Gasteiger partial charge in [-0.05, 0) is 57.4 Å². The molecule has 0 heterocycles. The van der Waals surface area contributed by atoms with E-state index >= 15 is 0 Å². The number of esters is 1. The third kappa shape index (κ3) is 24.8. The third-order valence-electron chi connectivity index (χ3n) is 6.64. The number of unbranched alkanes of at least 4 members (excludes halogenated alkanes) is 11. The summed E-state index contributed by atoms with van der Waals surface area (Å²) in [5.41, 5.74) is 0. The highest BCUT2D eigenvalue weighted by Crippen LogP contribution is 2.14. The van der Waals surface area contributed by atoms with Gasteiger partial charge in [-0.1, -0.05) is 83.4 Å². The first kappa shape index (κ1) is 38.3. The molecule has 0 aliphatic heterocycles. The molecule has 2 unspecified atom stereocenters. The van der Waals surface area contributed by atoms with Crippen molar-refractivity contribution in [2.45, 2.75) is 142 Å². The molecule has 0 bridgehead atoms. The Labute approximate surface area is 247 Å². The number of amides is 2. The van der Waals surface area contributed by atoms with E-state index < -0.39 is 24.5 Å². The van der Waals surface area contributed by atoms with E-state index in [0.29, 0.717) is 12.8 Å². The van der Waals surface area contributed by atoms with Crippen molar-refractivity contribution in [3.63, 3.8) is 0 Å². The zero-order valence-electron chi connectivity index (χ0n) is 25.5. The molecule has 0 aliphatic carbocycles. The molecule has 2 amide bonds. The smallest absolute Gasteiger partial charge is 0.328 e. The number of carbonyl (C=O) groups is 4. The highest BCUT2D eigenvalue weighted by Gasteiger charge is 2.18. The number of carboxylic acid groups (broad SMARTS) is 1. The minimum absolute atomic E-state index is 0.132. The van der Waals surface area contributed by atoms with Gasteiger partial charge in [-0.15, -0.1) is 0 Å². The Morgan fingerprint density at radius 3 is 2.05 bits per heavy atom. The summed E-state index contributed by atoms with van der Waals surface area (Å²) in [6, 6.07) is -1.39. The van der Waals surface area contributed by atoms with E-state index in [-0.39, 0.29) is 30.9 Å². The van der Waals surface area contributed by atoms with Crippen molar-refractivity contribution >= 4 is 23.8 Å². The fraction of sp³-hybridized carbons (Fsp3) is 0.750. The van der Waals surface area contributed by atoms with Gasteiger partial charge < -0.3 is 25.6 Å². The molecule has 0 rings (SSSR count). The summed E-state index contributed by atoms with van der Waals surface area (Å²) in [6.07, 6.45) is 25.3. The van der Waals surface area contributed by atoms with Crippen molar-refractivity contribution in [3.05, 3.63) is 24.3 Å². The first-order valence-corrected chi connectivity index (χ1v) is 15.7. The highest BCUT2D eigenvalue weighted by atomic mass is 16.5. The summed E-state index contributed by atoms with van der Waals surface area (Å²) in [5.74, 6) is -2.43. The Balaban J connectivity index is 4.16. The van der Waals surface area contributed by atoms with Gasteiger partial charge in [-0.25, -0.2) is 4.79 Å². The molecule has 9 heteroatoms. The lowest BCUT2D eigenvalue weighted by Gasteiger charge is -2.15. The van der Waals surface area contributed by atoms with Crippen molar-refractivity contribution in [1.29, 1.82) is 0 Å². The fourth-order valence-corrected chi connectivity index (χ4v) is 4.14. The van der Waals surface area contributed by atoms with Crippen molar-refractivity contribution in [3.8, 4) is 0 Å². The van der Waals surface area contributed by atoms with Gasteiger partial charge in [0, 0.05) is 12.8 Å². The van der Waals surface area contributed by atoms with Gasteiger partial charge in [-0.2, -0.15) is 0 Å². The standard InChI is InChI=1S/C32H56N2O7/c1-3-5-7-9-10-11-12-13-14-20-24-31(38)41-27(21-17-8-6-4-2)22-18-15-16-19-23-29(36)33-25-30(37)34-28(26-35)32(39)40/h7,9,17,21,27-28,35H,3-6,8,10-16,18-20,22-26H2,1-2H3,(H,33,36)(H,34,37)(H,39,40)/b9-7-,21-17-. The number of ether oxygens (including phenoxy) is 1. The summed E-state index contributed by atoms with van der Waals surface area (Å²) in [5, 5.41) is 22.4. The number of aliphatic hydroxyl groups excluding tert-OH is 1. The Hall–Kier alpha value is -2.68. The van der Waals surface area contributed by atoms with E-state index in [0.717, 1.165) is 77.0 Å². The van der Waals surface area contributed by atoms with Crippen LogP contribution >= 0.6 is 0 Å². The van der Waals surface area contributed by atoms with E-state index in [1.54, 1.807) is 0 Å². The van der Waals surface area contributed by atoms with E-state index in [1.165, 1.54) is 19.3 Å². The van der Waals surface area contributed by atoms with Crippen LogP contribution in [0.4, 0.5) is 0 Å². The molecular formula is C32H56N2O7. The lowest BCUT2D eigenvalue weighted by atomic mass is 10.1. The van der Waals surface area contributed by atoms with E-state index in [1.807, 2.05) is 6.08 Å². The largest absolute Gasteiger partial charge is 0.480 e. The predicted molar refractivity (Wildman–Crippen MR) is 162 cm³/mol. The van der Waals surface area contributed by atoms with Crippen LogP contribution in [-0.2, 0) is 23.9 Å². The molecule has 0 spiro atoms. The quantitative estimate of drug-likeness (QED) is 0.0550. The van der Waals surface area contributed by atoms with Crippen LogP contribution in [0.1, 0.15) is 129 Å². The zero-order valence-corrected chi connectivity index (χ0v) is 25.5. The minimum Gasteiger partial charge on any atom is -0.480 e. The van der Waals surface area contributed by atoms with Crippen molar-refractivity contribution < 1.29 is 34.1 Å². The molecule has 9 nitrogen and oxygen atoms in total. The first-order valence-electron chi connectivity index (χ1n) is 15.7. The molecular weight excluding hydrogens is 524 g/mol. The number of aliphatic hydroxyl groups is 1. The molecule has 2 atom stereocenters. The van der Waals surface area contributed by atoms with Crippen LogP contribution in [-0.4, -0.2) is 59.3 Å². The number of hydrogen-bond acceptors (Lipinski definition) is 6. The summed E-state index contributed by atoms with van der Waals surface area (Å²) < 4.78 is 5.77. The van der Waals surface area contributed by atoms with Gasteiger partial charge in [0.05, 0.1) is 13.2 Å². The lowest BCUT2D eigenvalue weighted by Crippen LogP contribution is -2.47.